The molecule has 2 unspecified atom stereocenters. The summed E-state index contributed by atoms with van der Waals surface area (Å²) < 4.78 is 6.19. The Morgan fingerprint density at radius 2 is 1.72 bits per heavy atom. The van der Waals surface area contributed by atoms with Gasteiger partial charge in [0.2, 0.25) is 0 Å². The quantitative estimate of drug-likeness (QED) is 0.888. The summed E-state index contributed by atoms with van der Waals surface area (Å²) in [6.07, 6.45) is 4.83. The Hall–Kier alpha value is -0.860. The van der Waals surface area contributed by atoms with Gasteiger partial charge < -0.3 is 10.5 Å². The highest BCUT2D eigenvalue weighted by atomic mass is 16.5. The van der Waals surface area contributed by atoms with Crippen LogP contribution in [0.25, 0.3) is 0 Å². The second kappa shape index (κ2) is 4.67. The molecule has 2 bridgehead atoms. The van der Waals surface area contributed by atoms with Gasteiger partial charge in [0.1, 0.15) is 0 Å². The number of benzene rings is 1. The molecule has 18 heavy (non-hydrogen) atoms. The average molecular weight is 245 g/mol. The summed E-state index contributed by atoms with van der Waals surface area (Å²) in [5.41, 5.74) is 9.09. The summed E-state index contributed by atoms with van der Waals surface area (Å²) in [6.45, 7) is 3.54. The zero-order valence-corrected chi connectivity index (χ0v) is 11.2. The number of ether oxygens (including phenoxy) is 1. The van der Waals surface area contributed by atoms with E-state index in [0.29, 0.717) is 18.4 Å². The molecular weight excluding hydrogens is 222 g/mol. The van der Waals surface area contributed by atoms with Crippen LogP contribution in [0.1, 0.15) is 30.9 Å². The molecule has 3 rings (SSSR count). The van der Waals surface area contributed by atoms with Crippen molar-refractivity contribution in [2.45, 2.75) is 38.2 Å². The fraction of sp³-hybridized carbons (Fsp3) is 0.625. The molecule has 1 fully saturated rings. The van der Waals surface area contributed by atoms with Crippen molar-refractivity contribution in [1.82, 2.24) is 0 Å². The van der Waals surface area contributed by atoms with Crippen LogP contribution in [0, 0.1) is 11.8 Å². The van der Waals surface area contributed by atoms with Gasteiger partial charge in [-0.1, -0.05) is 24.3 Å². The minimum Gasteiger partial charge on any atom is -0.373 e. The van der Waals surface area contributed by atoms with Crippen LogP contribution in [0.4, 0.5) is 0 Å². The lowest BCUT2D eigenvalue weighted by Gasteiger charge is -2.38. The van der Waals surface area contributed by atoms with Crippen molar-refractivity contribution in [3.63, 3.8) is 0 Å². The second-order valence-electron chi connectivity index (χ2n) is 5.74. The highest BCUT2D eigenvalue weighted by Gasteiger charge is 2.51. The molecule has 2 aliphatic carbocycles. The molecule has 2 atom stereocenters. The van der Waals surface area contributed by atoms with E-state index in [4.69, 9.17) is 10.5 Å². The zero-order chi connectivity index (χ0) is 12.6. The first kappa shape index (κ1) is 12.2. The van der Waals surface area contributed by atoms with E-state index in [2.05, 4.69) is 31.2 Å². The van der Waals surface area contributed by atoms with Crippen molar-refractivity contribution in [2.24, 2.45) is 17.6 Å². The Balaban J connectivity index is 1.99. The van der Waals surface area contributed by atoms with Crippen LogP contribution in [-0.2, 0) is 17.6 Å². The van der Waals surface area contributed by atoms with Crippen LogP contribution in [0.2, 0.25) is 0 Å². The Morgan fingerprint density at radius 1 is 1.17 bits per heavy atom. The van der Waals surface area contributed by atoms with E-state index >= 15 is 0 Å². The van der Waals surface area contributed by atoms with Gasteiger partial charge >= 0.3 is 0 Å². The summed E-state index contributed by atoms with van der Waals surface area (Å²) in [4.78, 5) is 0. The van der Waals surface area contributed by atoms with Crippen molar-refractivity contribution in [2.75, 3.05) is 13.2 Å². The molecule has 1 aromatic carbocycles. The van der Waals surface area contributed by atoms with Gasteiger partial charge in [-0.05, 0) is 55.6 Å². The molecule has 2 aliphatic rings. The van der Waals surface area contributed by atoms with Crippen molar-refractivity contribution < 1.29 is 4.74 Å². The lowest BCUT2D eigenvalue weighted by Crippen LogP contribution is -2.49. The SMILES string of the molecule is CCOC1(CN)C2CCC1Cc1ccccc1C2. The summed E-state index contributed by atoms with van der Waals surface area (Å²) in [5, 5.41) is 0. The summed E-state index contributed by atoms with van der Waals surface area (Å²) >= 11 is 0. The molecule has 1 aromatic rings. The highest BCUT2D eigenvalue weighted by molar-refractivity contribution is 5.32. The normalized spacial score (nSPS) is 34.1. The van der Waals surface area contributed by atoms with E-state index in [9.17, 15) is 0 Å². The zero-order valence-electron chi connectivity index (χ0n) is 11.2. The largest absolute Gasteiger partial charge is 0.373 e. The van der Waals surface area contributed by atoms with E-state index in [0.717, 1.165) is 19.4 Å². The number of hydrogen-bond acceptors (Lipinski definition) is 2. The molecule has 0 radical (unpaired) electrons. The Kier molecular flexibility index (Phi) is 3.16. The molecule has 0 heterocycles. The van der Waals surface area contributed by atoms with Crippen molar-refractivity contribution in [1.29, 1.82) is 0 Å². The van der Waals surface area contributed by atoms with Crippen molar-refractivity contribution >= 4 is 0 Å². The van der Waals surface area contributed by atoms with Crippen LogP contribution < -0.4 is 5.73 Å². The van der Waals surface area contributed by atoms with Crippen LogP contribution in [0.3, 0.4) is 0 Å². The predicted octanol–water partition coefficient (Wildman–Crippen LogP) is 2.55. The predicted molar refractivity (Wildman–Crippen MR) is 73.5 cm³/mol. The molecule has 0 spiro atoms. The Morgan fingerprint density at radius 3 is 2.17 bits per heavy atom. The fourth-order valence-corrected chi connectivity index (χ4v) is 4.16. The number of hydrogen-bond donors (Lipinski definition) is 1. The molecule has 2 nitrogen and oxygen atoms in total. The van der Waals surface area contributed by atoms with E-state index in [1.54, 1.807) is 0 Å². The van der Waals surface area contributed by atoms with Crippen LogP contribution in [0.5, 0.6) is 0 Å². The number of nitrogens with two attached hydrogens (primary N) is 1. The van der Waals surface area contributed by atoms with E-state index in [1.807, 2.05) is 0 Å². The number of fused-ring (bicyclic) bond motifs is 3. The molecular formula is C16H23NO. The summed E-state index contributed by atoms with van der Waals surface area (Å²) in [6, 6.07) is 8.87. The van der Waals surface area contributed by atoms with E-state index in [-0.39, 0.29) is 5.60 Å². The first-order chi connectivity index (χ1) is 8.80. The fourth-order valence-electron chi connectivity index (χ4n) is 4.16. The minimum absolute atomic E-state index is 0.0617. The molecule has 0 amide bonds. The highest BCUT2D eigenvalue weighted by Crippen LogP contribution is 2.48. The van der Waals surface area contributed by atoms with Crippen molar-refractivity contribution in [3.05, 3.63) is 35.4 Å². The lowest BCUT2D eigenvalue weighted by atomic mass is 9.82. The maximum absolute atomic E-state index is 6.19. The third-order valence-corrected chi connectivity index (χ3v) is 5.03. The van der Waals surface area contributed by atoms with Crippen molar-refractivity contribution in [3.8, 4) is 0 Å². The molecule has 1 saturated carbocycles. The van der Waals surface area contributed by atoms with Gasteiger partial charge in [-0.3, -0.25) is 0 Å². The van der Waals surface area contributed by atoms with Crippen LogP contribution in [-0.4, -0.2) is 18.8 Å². The van der Waals surface area contributed by atoms with Gasteiger partial charge in [-0.15, -0.1) is 0 Å². The maximum Gasteiger partial charge on any atom is 0.0866 e. The minimum atomic E-state index is -0.0617. The van der Waals surface area contributed by atoms with Gasteiger partial charge in [0, 0.05) is 13.2 Å². The smallest absolute Gasteiger partial charge is 0.0866 e. The molecule has 98 valence electrons. The van der Waals surface area contributed by atoms with E-state index < -0.39 is 0 Å². The maximum atomic E-state index is 6.19. The Bertz CT molecular complexity index is 396. The standard InChI is InChI=1S/C16H23NO/c1-2-18-16(11-17)14-7-8-15(16)10-13-6-4-3-5-12(13)9-14/h3-6,14-15H,2,7-11,17H2,1H3. The first-order valence-corrected chi connectivity index (χ1v) is 7.21. The van der Waals surface area contributed by atoms with Crippen LogP contribution in [0.15, 0.2) is 24.3 Å². The summed E-state index contributed by atoms with van der Waals surface area (Å²) in [5.74, 6) is 1.21. The third kappa shape index (κ3) is 1.70. The lowest BCUT2D eigenvalue weighted by molar-refractivity contribution is -0.0876. The monoisotopic (exact) mass is 245 g/mol. The van der Waals surface area contributed by atoms with Gasteiger partial charge in [0.15, 0.2) is 0 Å². The molecule has 0 saturated heterocycles. The van der Waals surface area contributed by atoms with Gasteiger partial charge in [0.25, 0.3) is 0 Å². The average Bonchev–Trinajstić information content (AvgIpc) is 2.63. The topological polar surface area (TPSA) is 35.2 Å². The first-order valence-electron chi connectivity index (χ1n) is 7.21. The molecule has 0 aliphatic heterocycles. The number of rotatable bonds is 3. The third-order valence-electron chi connectivity index (χ3n) is 5.03. The molecule has 0 aromatic heterocycles. The Labute approximate surface area is 110 Å². The second-order valence-corrected chi connectivity index (χ2v) is 5.74. The van der Waals surface area contributed by atoms with Gasteiger partial charge in [-0.2, -0.15) is 0 Å². The molecule has 2 N–H and O–H groups in total. The van der Waals surface area contributed by atoms with E-state index in [1.165, 1.54) is 24.0 Å². The summed E-state index contributed by atoms with van der Waals surface area (Å²) in [7, 11) is 0. The molecule has 2 heteroatoms. The van der Waals surface area contributed by atoms with Crippen LogP contribution >= 0.6 is 0 Å². The van der Waals surface area contributed by atoms with Gasteiger partial charge in [0.05, 0.1) is 5.60 Å². The van der Waals surface area contributed by atoms with Gasteiger partial charge in [-0.25, -0.2) is 0 Å².